The van der Waals surface area contributed by atoms with Crippen LogP contribution < -0.4 is 5.32 Å². The van der Waals surface area contributed by atoms with E-state index in [-0.39, 0.29) is 12.0 Å². The molecule has 0 aromatic carbocycles. The summed E-state index contributed by atoms with van der Waals surface area (Å²) in [6.45, 7) is 5.82. The Kier molecular flexibility index (Phi) is 5.60. The number of methoxy groups -OCH3 is 1. The van der Waals surface area contributed by atoms with E-state index in [0.717, 1.165) is 13.1 Å². The maximum Gasteiger partial charge on any atom is 0.225 e. The molecular weight excluding hydrogens is 244 g/mol. The topological polar surface area (TPSA) is 50.8 Å². The van der Waals surface area contributed by atoms with Crippen LogP contribution in [0.15, 0.2) is 0 Å². The predicted molar refractivity (Wildman–Crippen MR) is 73.0 cm³/mol. The highest BCUT2D eigenvalue weighted by molar-refractivity contribution is 5.77. The Hall–Kier alpha value is -0.650. The van der Waals surface area contributed by atoms with E-state index in [2.05, 4.69) is 12.2 Å². The maximum atomic E-state index is 12.5. The molecule has 2 unspecified atom stereocenters. The molecular formula is C14H26N2O3. The lowest BCUT2D eigenvalue weighted by Crippen LogP contribution is -2.46. The molecule has 5 heteroatoms. The average molecular weight is 270 g/mol. The summed E-state index contributed by atoms with van der Waals surface area (Å²) < 4.78 is 10.7. The van der Waals surface area contributed by atoms with Crippen molar-refractivity contribution in [2.45, 2.75) is 38.3 Å². The quantitative estimate of drug-likeness (QED) is 0.737. The van der Waals surface area contributed by atoms with Crippen molar-refractivity contribution in [3.8, 4) is 0 Å². The Morgan fingerprint density at radius 3 is 2.89 bits per heavy atom. The number of ether oxygens (including phenoxy) is 2. The van der Waals surface area contributed by atoms with Gasteiger partial charge in [0.15, 0.2) is 0 Å². The van der Waals surface area contributed by atoms with Gasteiger partial charge in [0.1, 0.15) is 0 Å². The SMILES string of the molecule is COCCN(C(=O)CC1CNCCO1)C(C)C1CC1. The van der Waals surface area contributed by atoms with Crippen LogP contribution in [0.3, 0.4) is 0 Å². The first kappa shape index (κ1) is 14.8. The molecule has 19 heavy (non-hydrogen) atoms. The lowest BCUT2D eigenvalue weighted by Gasteiger charge is -2.31. The lowest BCUT2D eigenvalue weighted by molar-refractivity contribution is -0.138. The van der Waals surface area contributed by atoms with Crippen molar-refractivity contribution >= 4 is 5.91 Å². The zero-order valence-corrected chi connectivity index (χ0v) is 12.1. The van der Waals surface area contributed by atoms with Crippen molar-refractivity contribution < 1.29 is 14.3 Å². The molecule has 2 rings (SSSR count). The van der Waals surface area contributed by atoms with Crippen LogP contribution in [0.1, 0.15) is 26.2 Å². The van der Waals surface area contributed by atoms with Crippen molar-refractivity contribution in [1.82, 2.24) is 10.2 Å². The van der Waals surface area contributed by atoms with Gasteiger partial charge in [-0.15, -0.1) is 0 Å². The molecule has 0 aromatic heterocycles. The number of rotatable bonds is 7. The van der Waals surface area contributed by atoms with Gasteiger partial charge in [-0.25, -0.2) is 0 Å². The van der Waals surface area contributed by atoms with Gasteiger partial charge in [0.05, 0.1) is 25.7 Å². The number of nitrogens with one attached hydrogen (secondary N) is 1. The second-order valence-electron chi connectivity index (χ2n) is 5.56. The number of nitrogens with zero attached hydrogens (tertiary/aromatic N) is 1. The van der Waals surface area contributed by atoms with Crippen molar-refractivity contribution in [1.29, 1.82) is 0 Å². The van der Waals surface area contributed by atoms with Crippen LogP contribution in [0.25, 0.3) is 0 Å². The fourth-order valence-electron chi connectivity index (χ4n) is 2.64. The van der Waals surface area contributed by atoms with Gasteiger partial charge in [0.25, 0.3) is 0 Å². The first-order valence-corrected chi connectivity index (χ1v) is 7.33. The van der Waals surface area contributed by atoms with Gasteiger partial charge in [-0.2, -0.15) is 0 Å². The minimum Gasteiger partial charge on any atom is -0.383 e. The van der Waals surface area contributed by atoms with E-state index in [1.807, 2.05) is 4.90 Å². The first-order chi connectivity index (χ1) is 9.22. The second kappa shape index (κ2) is 7.22. The minimum atomic E-state index is 0.0256. The second-order valence-corrected chi connectivity index (χ2v) is 5.56. The third-order valence-corrected chi connectivity index (χ3v) is 4.06. The van der Waals surface area contributed by atoms with E-state index < -0.39 is 0 Å². The summed E-state index contributed by atoms with van der Waals surface area (Å²) in [5, 5.41) is 3.27. The molecule has 1 saturated carbocycles. The van der Waals surface area contributed by atoms with Gasteiger partial charge < -0.3 is 19.7 Å². The first-order valence-electron chi connectivity index (χ1n) is 7.33. The fourth-order valence-corrected chi connectivity index (χ4v) is 2.64. The third-order valence-electron chi connectivity index (χ3n) is 4.06. The van der Waals surface area contributed by atoms with E-state index >= 15 is 0 Å². The molecule has 110 valence electrons. The number of carbonyl (C=O) groups is 1. The zero-order chi connectivity index (χ0) is 13.7. The van der Waals surface area contributed by atoms with Crippen LogP contribution in [0, 0.1) is 5.92 Å². The monoisotopic (exact) mass is 270 g/mol. The Labute approximate surface area is 115 Å². The highest BCUT2D eigenvalue weighted by Gasteiger charge is 2.34. The fraction of sp³-hybridized carbons (Fsp3) is 0.929. The summed E-state index contributed by atoms with van der Waals surface area (Å²) in [5.74, 6) is 0.886. The molecule has 1 aliphatic heterocycles. The molecule has 0 bridgehead atoms. The van der Waals surface area contributed by atoms with Crippen molar-refractivity contribution in [2.24, 2.45) is 5.92 Å². The number of hydrogen-bond acceptors (Lipinski definition) is 4. The van der Waals surface area contributed by atoms with Gasteiger partial charge in [-0.3, -0.25) is 4.79 Å². The number of hydrogen-bond donors (Lipinski definition) is 1. The van der Waals surface area contributed by atoms with Gasteiger partial charge in [0, 0.05) is 32.8 Å². The number of carbonyl (C=O) groups excluding carboxylic acids is 1. The molecule has 1 amide bonds. The predicted octanol–water partition coefficient (Wildman–Crippen LogP) is 0.638. The van der Waals surface area contributed by atoms with E-state index in [1.54, 1.807) is 7.11 Å². The van der Waals surface area contributed by atoms with Crippen LogP contribution in [0.2, 0.25) is 0 Å². The molecule has 1 saturated heterocycles. The molecule has 0 spiro atoms. The van der Waals surface area contributed by atoms with E-state index in [9.17, 15) is 4.79 Å². The molecule has 2 fully saturated rings. The van der Waals surface area contributed by atoms with Crippen molar-refractivity contribution in [2.75, 3.05) is 40.0 Å². The average Bonchev–Trinajstić information content (AvgIpc) is 3.24. The molecule has 1 heterocycles. The van der Waals surface area contributed by atoms with Crippen molar-refractivity contribution in [3.63, 3.8) is 0 Å². The number of morpholine rings is 1. The van der Waals surface area contributed by atoms with Gasteiger partial charge >= 0.3 is 0 Å². The maximum absolute atomic E-state index is 12.5. The molecule has 0 aromatic rings. The standard InChI is InChI=1S/C14H26N2O3/c1-11(12-3-4-12)16(6-8-18-2)14(17)9-13-10-15-5-7-19-13/h11-13,15H,3-10H2,1-2H3. The molecule has 1 aliphatic carbocycles. The third kappa shape index (κ3) is 4.44. The Bertz CT molecular complexity index is 288. The van der Waals surface area contributed by atoms with Crippen LogP contribution in [-0.4, -0.2) is 62.9 Å². The Morgan fingerprint density at radius 2 is 2.32 bits per heavy atom. The highest BCUT2D eigenvalue weighted by atomic mass is 16.5. The smallest absolute Gasteiger partial charge is 0.225 e. The number of amides is 1. The summed E-state index contributed by atoms with van der Waals surface area (Å²) in [4.78, 5) is 14.4. The van der Waals surface area contributed by atoms with Crippen molar-refractivity contribution in [3.05, 3.63) is 0 Å². The van der Waals surface area contributed by atoms with E-state index in [4.69, 9.17) is 9.47 Å². The Balaban J connectivity index is 1.85. The van der Waals surface area contributed by atoms with Crippen LogP contribution in [0.4, 0.5) is 0 Å². The Morgan fingerprint density at radius 1 is 1.53 bits per heavy atom. The minimum absolute atomic E-state index is 0.0256. The molecule has 0 radical (unpaired) electrons. The van der Waals surface area contributed by atoms with Crippen LogP contribution in [0.5, 0.6) is 0 Å². The van der Waals surface area contributed by atoms with Gasteiger partial charge in [-0.1, -0.05) is 0 Å². The summed E-state index contributed by atoms with van der Waals surface area (Å²) in [6.07, 6.45) is 3.00. The summed E-state index contributed by atoms with van der Waals surface area (Å²) in [7, 11) is 1.68. The largest absolute Gasteiger partial charge is 0.383 e. The van der Waals surface area contributed by atoms with Crippen LogP contribution in [-0.2, 0) is 14.3 Å². The lowest BCUT2D eigenvalue weighted by atomic mass is 10.1. The molecule has 5 nitrogen and oxygen atoms in total. The molecule has 1 N–H and O–H groups in total. The summed E-state index contributed by atoms with van der Waals surface area (Å²) >= 11 is 0. The summed E-state index contributed by atoms with van der Waals surface area (Å²) in [5.41, 5.74) is 0. The van der Waals surface area contributed by atoms with E-state index in [0.29, 0.717) is 38.1 Å². The van der Waals surface area contributed by atoms with E-state index in [1.165, 1.54) is 12.8 Å². The molecule has 2 aliphatic rings. The highest BCUT2D eigenvalue weighted by Crippen LogP contribution is 2.35. The summed E-state index contributed by atoms with van der Waals surface area (Å²) in [6, 6.07) is 0.333. The van der Waals surface area contributed by atoms with Crippen LogP contribution >= 0.6 is 0 Å². The van der Waals surface area contributed by atoms with Gasteiger partial charge in [-0.05, 0) is 25.7 Å². The van der Waals surface area contributed by atoms with Gasteiger partial charge in [0.2, 0.25) is 5.91 Å². The normalized spacial score (nSPS) is 25.1. The molecule has 2 atom stereocenters. The zero-order valence-electron chi connectivity index (χ0n) is 12.1.